The van der Waals surface area contributed by atoms with Gasteiger partial charge in [0.1, 0.15) is 11.8 Å². The van der Waals surface area contributed by atoms with Crippen molar-refractivity contribution in [3.05, 3.63) is 70.8 Å². The Balaban J connectivity index is 1.46. The number of benzene rings is 2. The molecule has 2 aromatic rings. The number of ether oxygens (including phenoxy) is 2. The van der Waals surface area contributed by atoms with E-state index in [-0.39, 0.29) is 12.4 Å². The fourth-order valence-corrected chi connectivity index (χ4v) is 3.46. The Kier molecular flexibility index (Phi) is 7.60. The van der Waals surface area contributed by atoms with Gasteiger partial charge < -0.3 is 14.8 Å². The molecule has 31 heavy (non-hydrogen) atoms. The largest absolute Gasteiger partial charge is 0.497 e. The molecule has 0 aliphatic heterocycles. The van der Waals surface area contributed by atoms with Crippen molar-refractivity contribution in [2.45, 2.75) is 38.6 Å². The van der Waals surface area contributed by atoms with Gasteiger partial charge in [0.05, 0.1) is 7.11 Å². The molecule has 2 aromatic carbocycles. The van der Waals surface area contributed by atoms with E-state index >= 15 is 0 Å². The van der Waals surface area contributed by atoms with Crippen molar-refractivity contribution in [3.8, 4) is 5.75 Å². The topological polar surface area (TPSA) is 81.7 Å². The summed E-state index contributed by atoms with van der Waals surface area (Å²) in [6.45, 7) is 1.17. The molecule has 0 spiro atoms. The smallest absolute Gasteiger partial charge is 0.328 e. The summed E-state index contributed by atoms with van der Waals surface area (Å²) >= 11 is 0. The summed E-state index contributed by atoms with van der Waals surface area (Å²) in [5.41, 5.74) is 3.86. The molecule has 0 radical (unpaired) electrons. The average molecular weight is 421 g/mol. The zero-order valence-corrected chi connectivity index (χ0v) is 17.9. The maximum absolute atomic E-state index is 12.4. The Morgan fingerprint density at radius 3 is 2.45 bits per heavy atom. The van der Waals surface area contributed by atoms with Crippen LogP contribution in [0.1, 0.15) is 46.8 Å². The zero-order valence-electron chi connectivity index (χ0n) is 17.9. The van der Waals surface area contributed by atoms with Crippen LogP contribution >= 0.6 is 0 Å². The van der Waals surface area contributed by atoms with Crippen LogP contribution in [0.25, 0.3) is 6.08 Å². The van der Waals surface area contributed by atoms with E-state index in [9.17, 15) is 14.4 Å². The number of aryl methyl sites for hydroxylation is 2. The predicted octanol–water partition coefficient (Wildman–Crippen LogP) is 3.52. The van der Waals surface area contributed by atoms with E-state index in [4.69, 9.17) is 9.47 Å². The van der Waals surface area contributed by atoms with E-state index < -0.39 is 17.9 Å². The second-order valence-corrected chi connectivity index (χ2v) is 7.56. The first kappa shape index (κ1) is 22.3. The second kappa shape index (κ2) is 10.6. The van der Waals surface area contributed by atoms with Crippen LogP contribution in [-0.2, 0) is 27.2 Å². The van der Waals surface area contributed by atoms with Gasteiger partial charge in [0, 0.05) is 11.6 Å². The number of fused-ring (bicyclic) bond motifs is 1. The van der Waals surface area contributed by atoms with Gasteiger partial charge in [-0.05, 0) is 73.6 Å². The lowest BCUT2D eigenvalue weighted by Gasteiger charge is -2.16. The van der Waals surface area contributed by atoms with Gasteiger partial charge in [0.15, 0.2) is 12.4 Å². The average Bonchev–Trinajstić information content (AvgIpc) is 2.80. The molecule has 0 saturated carbocycles. The second-order valence-electron chi connectivity index (χ2n) is 7.56. The quantitative estimate of drug-likeness (QED) is 0.401. The molecule has 6 nitrogen and oxygen atoms in total. The first-order valence-corrected chi connectivity index (χ1v) is 10.4. The Morgan fingerprint density at radius 2 is 1.74 bits per heavy atom. The van der Waals surface area contributed by atoms with Crippen molar-refractivity contribution in [2.75, 3.05) is 13.7 Å². The lowest BCUT2D eigenvalue weighted by Crippen LogP contribution is -2.39. The first-order valence-electron chi connectivity index (χ1n) is 10.4. The highest BCUT2D eigenvalue weighted by atomic mass is 16.5. The van der Waals surface area contributed by atoms with E-state index in [1.807, 2.05) is 24.3 Å². The summed E-state index contributed by atoms with van der Waals surface area (Å²) in [7, 11) is 1.58. The minimum atomic E-state index is -0.871. The number of hydrogen-bond donors (Lipinski definition) is 1. The monoisotopic (exact) mass is 421 g/mol. The Bertz CT molecular complexity index is 978. The molecule has 1 N–H and O–H groups in total. The molecule has 0 unspecified atom stereocenters. The number of carbonyl (C=O) groups excluding carboxylic acids is 3. The number of Topliss-reactive ketones (excluding diaryl/α,β-unsaturated/α-hetero) is 1. The summed E-state index contributed by atoms with van der Waals surface area (Å²) in [4.78, 5) is 36.6. The van der Waals surface area contributed by atoms with Crippen LogP contribution in [0.5, 0.6) is 5.75 Å². The van der Waals surface area contributed by atoms with Crippen LogP contribution in [0.3, 0.4) is 0 Å². The van der Waals surface area contributed by atoms with Crippen molar-refractivity contribution in [2.24, 2.45) is 0 Å². The number of methoxy groups -OCH3 is 1. The number of amides is 1. The number of esters is 1. The van der Waals surface area contributed by atoms with Gasteiger partial charge in [0.25, 0.3) is 0 Å². The maximum Gasteiger partial charge on any atom is 0.328 e. The molecule has 0 heterocycles. The first-order chi connectivity index (χ1) is 15.0. The molecule has 0 aromatic heterocycles. The molecule has 0 saturated heterocycles. The van der Waals surface area contributed by atoms with Crippen LogP contribution in [0.15, 0.2) is 48.5 Å². The maximum atomic E-state index is 12.4. The minimum absolute atomic E-state index is 0.250. The van der Waals surface area contributed by atoms with Crippen molar-refractivity contribution >= 4 is 23.7 Å². The number of ketones is 1. The number of carbonyl (C=O) groups is 3. The Hall–Kier alpha value is -3.41. The fraction of sp³-hybridized carbons (Fsp3) is 0.320. The molecule has 1 atom stereocenters. The molecular formula is C25H27NO5. The van der Waals surface area contributed by atoms with Crippen LogP contribution in [-0.4, -0.2) is 37.4 Å². The van der Waals surface area contributed by atoms with E-state index in [2.05, 4.69) is 5.32 Å². The molecule has 3 rings (SSSR count). The predicted molar refractivity (Wildman–Crippen MR) is 118 cm³/mol. The molecule has 0 bridgehead atoms. The van der Waals surface area contributed by atoms with E-state index in [1.54, 1.807) is 31.4 Å². The SMILES string of the molecule is COc1ccc(C=CC(=O)N[C@@H](C)C(=O)OCC(=O)c2ccc3c(c2)CCCC3)cc1. The highest BCUT2D eigenvalue weighted by Gasteiger charge is 2.19. The summed E-state index contributed by atoms with van der Waals surface area (Å²) in [6, 6.07) is 12.0. The highest BCUT2D eigenvalue weighted by Crippen LogP contribution is 2.22. The van der Waals surface area contributed by atoms with Crippen LogP contribution in [0.4, 0.5) is 0 Å². The Labute approximate surface area is 182 Å². The third-order valence-corrected chi connectivity index (χ3v) is 5.27. The standard InChI is InChI=1S/C25H27NO5/c1-17(26-24(28)14-9-18-7-12-22(30-2)13-8-18)25(29)31-16-23(27)21-11-10-19-5-3-4-6-20(19)15-21/h7-15,17H,3-6,16H2,1-2H3,(H,26,28)/t17-/m0/s1. The number of nitrogens with one attached hydrogen (secondary N) is 1. The lowest BCUT2D eigenvalue weighted by atomic mass is 9.90. The summed E-state index contributed by atoms with van der Waals surface area (Å²) in [6.07, 6.45) is 7.29. The van der Waals surface area contributed by atoms with Crippen molar-refractivity contribution in [1.82, 2.24) is 5.32 Å². The van der Waals surface area contributed by atoms with Gasteiger partial charge in [-0.1, -0.05) is 24.3 Å². The molecule has 1 amide bonds. The third-order valence-electron chi connectivity index (χ3n) is 5.27. The summed E-state index contributed by atoms with van der Waals surface area (Å²) in [5.74, 6) is -0.610. The summed E-state index contributed by atoms with van der Waals surface area (Å²) in [5, 5.41) is 2.54. The fourth-order valence-electron chi connectivity index (χ4n) is 3.46. The van der Waals surface area contributed by atoms with E-state index in [0.29, 0.717) is 5.56 Å². The molecule has 1 aliphatic rings. The molecule has 1 aliphatic carbocycles. The molecule has 162 valence electrons. The molecule has 0 fully saturated rings. The van der Waals surface area contributed by atoms with Crippen LogP contribution < -0.4 is 10.1 Å². The summed E-state index contributed by atoms with van der Waals surface area (Å²) < 4.78 is 10.2. The van der Waals surface area contributed by atoms with Gasteiger partial charge in [-0.15, -0.1) is 0 Å². The zero-order chi connectivity index (χ0) is 22.2. The van der Waals surface area contributed by atoms with E-state index in [0.717, 1.165) is 30.6 Å². The third kappa shape index (κ3) is 6.28. The Morgan fingerprint density at radius 1 is 1.03 bits per heavy atom. The van der Waals surface area contributed by atoms with Crippen molar-refractivity contribution in [1.29, 1.82) is 0 Å². The van der Waals surface area contributed by atoms with Gasteiger partial charge in [0.2, 0.25) is 5.91 Å². The van der Waals surface area contributed by atoms with Gasteiger partial charge >= 0.3 is 5.97 Å². The van der Waals surface area contributed by atoms with E-state index in [1.165, 1.54) is 30.5 Å². The normalized spacial score (nSPS) is 13.9. The molecular weight excluding hydrogens is 394 g/mol. The number of rotatable bonds is 8. The number of hydrogen-bond acceptors (Lipinski definition) is 5. The van der Waals surface area contributed by atoms with Gasteiger partial charge in [-0.2, -0.15) is 0 Å². The van der Waals surface area contributed by atoms with Crippen molar-refractivity contribution < 1.29 is 23.9 Å². The highest BCUT2D eigenvalue weighted by molar-refractivity contribution is 5.99. The van der Waals surface area contributed by atoms with Crippen molar-refractivity contribution in [3.63, 3.8) is 0 Å². The van der Waals surface area contributed by atoms with Gasteiger partial charge in [-0.3, -0.25) is 9.59 Å². The van der Waals surface area contributed by atoms with Crippen LogP contribution in [0, 0.1) is 0 Å². The minimum Gasteiger partial charge on any atom is -0.497 e. The van der Waals surface area contributed by atoms with Gasteiger partial charge in [-0.25, -0.2) is 4.79 Å². The van der Waals surface area contributed by atoms with Crippen LogP contribution in [0.2, 0.25) is 0 Å². The molecule has 6 heteroatoms. The lowest BCUT2D eigenvalue weighted by molar-refractivity contribution is -0.145.